The van der Waals surface area contributed by atoms with E-state index in [2.05, 4.69) is 5.32 Å². The maximum atomic E-state index is 13.1. The first-order chi connectivity index (χ1) is 8.65. The van der Waals surface area contributed by atoms with E-state index in [-0.39, 0.29) is 11.7 Å². The monoisotopic (exact) mass is 263 g/mol. The van der Waals surface area contributed by atoms with Crippen molar-refractivity contribution in [3.8, 4) is 0 Å². The molecule has 2 rings (SSSR count). The molecule has 0 aliphatic rings. The van der Waals surface area contributed by atoms with Crippen LogP contribution in [0.1, 0.15) is 16.0 Å². The zero-order valence-corrected chi connectivity index (χ0v) is 10.9. The fourth-order valence-electron chi connectivity index (χ4n) is 1.65. The number of rotatable bonds is 4. The van der Waals surface area contributed by atoms with Gasteiger partial charge in [-0.2, -0.15) is 0 Å². The number of hydrogen-bond donors (Lipinski definition) is 1. The normalized spacial score (nSPS) is 10.3. The van der Waals surface area contributed by atoms with Crippen LogP contribution in [0.5, 0.6) is 0 Å². The zero-order chi connectivity index (χ0) is 13.0. The Morgan fingerprint density at radius 1 is 1.39 bits per heavy atom. The topological polar surface area (TPSA) is 29.1 Å². The molecule has 1 aromatic heterocycles. The molecule has 94 valence electrons. The molecule has 18 heavy (non-hydrogen) atoms. The predicted molar refractivity (Wildman–Crippen MR) is 71.0 cm³/mol. The second-order valence-electron chi connectivity index (χ2n) is 4.12. The first-order valence-corrected chi connectivity index (χ1v) is 6.57. The third-order valence-electron chi connectivity index (χ3n) is 2.63. The van der Waals surface area contributed by atoms with Gasteiger partial charge in [-0.1, -0.05) is 18.2 Å². The summed E-state index contributed by atoms with van der Waals surface area (Å²) in [4.78, 5) is 12.7. The van der Waals surface area contributed by atoms with Crippen LogP contribution in [0.3, 0.4) is 0 Å². The van der Waals surface area contributed by atoms with E-state index in [1.54, 1.807) is 30.4 Å². The van der Waals surface area contributed by atoms with Crippen LogP contribution in [-0.4, -0.2) is 5.91 Å². The number of benzene rings is 1. The highest BCUT2D eigenvalue weighted by Crippen LogP contribution is 2.10. The molecule has 0 aliphatic heterocycles. The Hall–Kier alpha value is -1.68. The Kier molecular flexibility index (Phi) is 4.10. The highest BCUT2D eigenvalue weighted by Gasteiger charge is 2.05. The van der Waals surface area contributed by atoms with Gasteiger partial charge in [-0.25, -0.2) is 4.39 Å². The van der Waals surface area contributed by atoms with Gasteiger partial charge in [-0.3, -0.25) is 4.79 Å². The van der Waals surface area contributed by atoms with Gasteiger partial charge in [-0.15, -0.1) is 11.3 Å². The van der Waals surface area contributed by atoms with Crippen LogP contribution < -0.4 is 5.32 Å². The molecule has 0 radical (unpaired) electrons. The lowest BCUT2D eigenvalue weighted by Crippen LogP contribution is -2.24. The fraction of sp³-hybridized carbons (Fsp3) is 0.214. The summed E-state index contributed by atoms with van der Waals surface area (Å²) in [7, 11) is 0. The summed E-state index contributed by atoms with van der Waals surface area (Å²) in [5.41, 5.74) is 1.51. The molecule has 2 nitrogen and oxygen atoms in total. The molecule has 1 heterocycles. The molecule has 1 N–H and O–H groups in total. The van der Waals surface area contributed by atoms with Crippen molar-refractivity contribution in [3.05, 3.63) is 57.5 Å². The molecule has 0 fully saturated rings. The van der Waals surface area contributed by atoms with E-state index in [1.807, 2.05) is 17.5 Å². The van der Waals surface area contributed by atoms with Crippen LogP contribution in [-0.2, 0) is 17.8 Å². The van der Waals surface area contributed by atoms with Gasteiger partial charge in [0.2, 0.25) is 5.91 Å². The van der Waals surface area contributed by atoms with Crippen molar-refractivity contribution in [1.29, 1.82) is 0 Å². The highest BCUT2D eigenvalue weighted by molar-refractivity contribution is 7.10. The fourth-order valence-corrected chi connectivity index (χ4v) is 2.35. The van der Waals surface area contributed by atoms with Gasteiger partial charge in [0, 0.05) is 11.4 Å². The Balaban J connectivity index is 1.87. The zero-order valence-electron chi connectivity index (χ0n) is 10.1. The van der Waals surface area contributed by atoms with Gasteiger partial charge >= 0.3 is 0 Å². The SMILES string of the molecule is Cc1cc(CNC(=O)Cc2cccs2)ccc1F. The number of thiophene rings is 1. The van der Waals surface area contributed by atoms with E-state index >= 15 is 0 Å². The van der Waals surface area contributed by atoms with Gasteiger partial charge in [0.05, 0.1) is 6.42 Å². The minimum Gasteiger partial charge on any atom is -0.352 e. The van der Waals surface area contributed by atoms with E-state index in [0.29, 0.717) is 18.5 Å². The maximum absolute atomic E-state index is 13.1. The van der Waals surface area contributed by atoms with Crippen molar-refractivity contribution < 1.29 is 9.18 Å². The van der Waals surface area contributed by atoms with E-state index in [4.69, 9.17) is 0 Å². The van der Waals surface area contributed by atoms with Crippen molar-refractivity contribution in [3.63, 3.8) is 0 Å². The van der Waals surface area contributed by atoms with Crippen molar-refractivity contribution >= 4 is 17.2 Å². The van der Waals surface area contributed by atoms with Crippen molar-refractivity contribution in [2.45, 2.75) is 19.9 Å². The minimum atomic E-state index is -0.219. The van der Waals surface area contributed by atoms with Gasteiger partial charge < -0.3 is 5.32 Å². The molecule has 2 aromatic rings. The summed E-state index contributed by atoms with van der Waals surface area (Å²) in [5.74, 6) is -0.233. The molecule has 0 aliphatic carbocycles. The average Bonchev–Trinajstić information content (AvgIpc) is 2.83. The van der Waals surface area contributed by atoms with Crippen LogP contribution >= 0.6 is 11.3 Å². The van der Waals surface area contributed by atoms with Crippen LogP contribution in [0.2, 0.25) is 0 Å². The third-order valence-corrected chi connectivity index (χ3v) is 3.50. The molecular formula is C14H14FNOS. The molecule has 1 aromatic carbocycles. The van der Waals surface area contributed by atoms with Crippen molar-refractivity contribution in [1.82, 2.24) is 5.32 Å². The summed E-state index contributed by atoms with van der Waals surface area (Å²) >= 11 is 1.57. The number of carbonyl (C=O) groups is 1. The van der Waals surface area contributed by atoms with Crippen LogP contribution in [0.15, 0.2) is 35.7 Å². The molecule has 0 saturated heterocycles. The molecule has 0 spiro atoms. The number of hydrogen-bond acceptors (Lipinski definition) is 2. The Labute approximate surface area is 109 Å². The third kappa shape index (κ3) is 3.40. The maximum Gasteiger partial charge on any atom is 0.225 e. The van der Waals surface area contributed by atoms with Crippen LogP contribution in [0, 0.1) is 12.7 Å². The predicted octanol–water partition coefficient (Wildman–Crippen LogP) is 3.05. The van der Waals surface area contributed by atoms with E-state index in [0.717, 1.165) is 10.4 Å². The number of nitrogens with one attached hydrogen (secondary N) is 1. The van der Waals surface area contributed by atoms with Gasteiger partial charge in [0.15, 0.2) is 0 Å². The molecule has 1 amide bonds. The molecule has 0 bridgehead atoms. The Morgan fingerprint density at radius 3 is 2.89 bits per heavy atom. The average molecular weight is 263 g/mol. The largest absolute Gasteiger partial charge is 0.352 e. The van der Waals surface area contributed by atoms with Crippen molar-refractivity contribution in [2.24, 2.45) is 0 Å². The first-order valence-electron chi connectivity index (χ1n) is 5.69. The van der Waals surface area contributed by atoms with Gasteiger partial charge in [-0.05, 0) is 35.6 Å². The molecular weight excluding hydrogens is 249 g/mol. The minimum absolute atomic E-state index is 0.0144. The second kappa shape index (κ2) is 5.78. The summed E-state index contributed by atoms with van der Waals surface area (Å²) in [5, 5.41) is 4.78. The molecule has 0 unspecified atom stereocenters. The van der Waals surface area contributed by atoms with E-state index in [1.165, 1.54) is 6.07 Å². The first kappa shape index (κ1) is 12.8. The molecule has 0 saturated carbocycles. The van der Waals surface area contributed by atoms with Crippen LogP contribution in [0.25, 0.3) is 0 Å². The lowest BCUT2D eigenvalue weighted by Gasteiger charge is -2.06. The van der Waals surface area contributed by atoms with Gasteiger partial charge in [0.1, 0.15) is 5.82 Å². The van der Waals surface area contributed by atoms with Crippen LogP contribution in [0.4, 0.5) is 4.39 Å². The van der Waals surface area contributed by atoms with E-state index < -0.39 is 0 Å². The summed E-state index contributed by atoms with van der Waals surface area (Å²) in [6, 6.07) is 8.73. The lowest BCUT2D eigenvalue weighted by atomic mass is 10.1. The number of amides is 1. The number of halogens is 1. The molecule has 4 heteroatoms. The Bertz CT molecular complexity index is 537. The second-order valence-corrected chi connectivity index (χ2v) is 5.15. The Morgan fingerprint density at radius 2 is 2.22 bits per heavy atom. The summed E-state index contributed by atoms with van der Waals surface area (Å²) in [6.45, 7) is 2.15. The smallest absolute Gasteiger partial charge is 0.225 e. The quantitative estimate of drug-likeness (QED) is 0.902. The van der Waals surface area contributed by atoms with Gasteiger partial charge in [0.25, 0.3) is 0 Å². The molecule has 0 atom stereocenters. The summed E-state index contributed by atoms with van der Waals surface area (Å²) < 4.78 is 13.1. The lowest BCUT2D eigenvalue weighted by molar-refractivity contribution is -0.120. The number of aryl methyl sites for hydroxylation is 1. The standard InChI is InChI=1S/C14H14FNOS/c1-10-7-11(4-5-13(10)15)9-16-14(17)8-12-3-2-6-18-12/h2-7H,8-9H2,1H3,(H,16,17). The van der Waals surface area contributed by atoms with E-state index in [9.17, 15) is 9.18 Å². The highest BCUT2D eigenvalue weighted by atomic mass is 32.1. The number of carbonyl (C=O) groups excluding carboxylic acids is 1. The van der Waals surface area contributed by atoms with Crippen molar-refractivity contribution in [2.75, 3.05) is 0 Å². The summed E-state index contributed by atoms with van der Waals surface area (Å²) in [6.07, 6.45) is 0.401.